The van der Waals surface area contributed by atoms with Crippen LogP contribution in [0, 0.1) is 0 Å². The first-order valence-corrected chi connectivity index (χ1v) is 9.32. The second kappa shape index (κ2) is 7.32. The highest BCUT2D eigenvalue weighted by Crippen LogP contribution is 2.28. The number of hydrogen-bond acceptors (Lipinski definition) is 5. The quantitative estimate of drug-likeness (QED) is 0.847. The molecule has 3 heterocycles. The van der Waals surface area contributed by atoms with Crippen molar-refractivity contribution in [1.29, 1.82) is 0 Å². The van der Waals surface area contributed by atoms with Crippen LogP contribution >= 0.6 is 0 Å². The van der Waals surface area contributed by atoms with Crippen LogP contribution in [0.15, 0.2) is 30.5 Å². The summed E-state index contributed by atoms with van der Waals surface area (Å²) in [5.41, 5.74) is 1.55. The average molecular weight is 352 g/mol. The Balaban J connectivity index is 1.70. The van der Waals surface area contributed by atoms with Crippen LogP contribution in [0.5, 0.6) is 5.75 Å². The molecule has 0 radical (unpaired) electrons. The number of likely N-dealkylation sites (tertiary alicyclic amines) is 1. The number of ether oxygens (including phenoxy) is 1. The lowest BCUT2D eigenvalue weighted by Gasteiger charge is -2.23. The number of aromatic nitrogens is 2. The lowest BCUT2D eigenvalue weighted by atomic mass is 10.2. The molecule has 6 heteroatoms. The third-order valence-electron chi connectivity index (χ3n) is 5.15. The van der Waals surface area contributed by atoms with E-state index < -0.39 is 0 Å². The van der Waals surface area contributed by atoms with Gasteiger partial charge in [0.1, 0.15) is 17.1 Å². The largest absolute Gasteiger partial charge is 0.497 e. The van der Waals surface area contributed by atoms with Crippen LogP contribution in [0.3, 0.4) is 0 Å². The minimum atomic E-state index is 0.0608. The summed E-state index contributed by atoms with van der Waals surface area (Å²) in [6, 6.07) is 7.70. The predicted molar refractivity (Wildman–Crippen MR) is 101 cm³/mol. The highest BCUT2D eigenvalue weighted by atomic mass is 16.5. The maximum Gasteiger partial charge on any atom is 0.259 e. The SMILES string of the molecule is COc1ccc(-c2ncc(C(=O)N3CCCC3)c(N3CCCC3)n2)cc1. The van der Waals surface area contributed by atoms with E-state index in [-0.39, 0.29) is 5.91 Å². The van der Waals surface area contributed by atoms with E-state index in [0.29, 0.717) is 11.4 Å². The molecule has 2 saturated heterocycles. The van der Waals surface area contributed by atoms with Gasteiger partial charge in [-0.15, -0.1) is 0 Å². The van der Waals surface area contributed by atoms with E-state index >= 15 is 0 Å². The summed E-state index contributed by atoms with van der Waals surface area (Å²) in [6.07, 6.45) is 6.14. The molecule has 0 saturated carbocycles. The molecule has 2 aliphatic rings. The first kappa shape index (κ1) is 16.8. The Kier molecular flexibility index (Phi) is 4.73. The zero-order valence-corrected chi connectivity index (χ0v) is 15.1. The van der Waals surface area contributed by atoms with Gasteiger partial charge in [-0.25, -0.2) is 9.97 Å². The summed E-state index contributed by atoms with van der Waals surface area (Å²) in [5, 5.41) is 0. The van der Waals surface area contributed by atoms with Gasteiger partial charge in [-0.3, -0.25) is 4.79 Å². The molecule has 0 bridgehead atoms. The van der Waals surface area contributed by atoms with Gasteiger partial charge >= 0.3 is 0 Å². The number of methoxy groups -OCH3 is 1. The molecule has 2 fully saturated rings. The number of benzene rings is 1. The summed E-state index contributed by atoms with van der Waals surface area (Å²) in [7, 11) is 1.65. The lowest BCUT2D eigenvalue weighted by molar-refractivity contribution is 0.0792. The van der Waals surface area contributed by atoms with Crippen LogP contribution in [0.1, 0.15) is 36.0 Å². The van der Waals surface area contributed by atoms with E-state index in [2.05, 4.69) is 9.88 Å². The Hall–Kier alpha value is -2.63. The van der Waals surface area contributed by atoms with Gasteiger partial charge < -0.3 is 14.5 Å². The van der Waals surface area contributed by atoms with Crippen molar-refractivity contribution >= 4 is 11.7 Å². The number of carbonyl (C=O) groups excluding carboxylic acids is 1. The summed E-state index contributed by atoms with van der Waals surface area (Å²) in [6.45, 7) is 3.55. The van der Waals surface area contributed by atoms with Gasteiger partial charge in [-0.1, -0.05) is 0 Å². The minimum Gasteiger partial charge on any atom is -0.497 e. The summed E-state index contributed by atoms with van der Waals surface area (Å²) >= 11 is 0. The van der Waals surface area contributed by atoms with E-state index in [1.165, 1.54) is 0 Å². The number of amides is 1. The van der Waals surface area contributed by atoms with Crippen molar-refractivity contribution in [1.82, 2.24) is 14.9 Å². The number of nitrogens with zero attached hydrogens (tertiary/aromatic N) is 4. The zero-order valence-electron chi connectivity index (χ0n) is 15.1. The van der Waals surface area contributed by atoms with E-state index in [0.717, 1.165) is 69.0 Å². The molecule has 0 aliphatic carbocycles. The molecule has 2 aliphatic heterocycles. The maximum absolute atomic E-state index is 13.0. The molecule has 0 atom stereocenters. The highest BCUT2D eigenvalue weighted by molar-refractivity contribution is 5.99. The van der Waals surface area contributed by atoms with Gasteiger partial charge in [0, 0.05) is 37.9 Å². The molecule has 1 aromatic carbocycles. The molecular weight excluding hydrogens is 328 g/mol. The van der Waals surface area contributed by atoms with E-state index in [9.17, 15) is 4.79 Å². The summed E-state index contributed by atoms with van der Waals surface area (Å²) in [4.78, 5) is 26.4. The monoisotopic (exact) mass is 352 g/mol. The van der Waals surface area contributed by atoms with Gasteiger partial charge in [-0.2, -0.15) is 0 Å². The molecule has 0 N–H and O–H groups in total. The Bertz CT molecular complexity index is 779. The van der Waals surface area contributed by atoms with Crippen LogP contribution in [-0.2, 0) is 0 Å². The van der Waals surface area contributed by atoms with Gasteiger partial charge in [-0.05, 0) is 49.9 Å². The maximum atomic E-state index is 13.0. The van der Waals surface area contributed by atoms with Crippen molar-refractivity contribution < 1.29 is 9.53 Å². The molecule has 2 aromatic rings. The number of anilines is 1. The molecule has 26 heavy (non-hydrogen) atoms. The molecule has 6 nitrogen and oxygen atoms in total. The topological polar surface area (TPSA) is 58.6 Å². The third kappa shape index (κ3) is 3.23. The lowest BCUT2D eigenvalue weighted by Crippen LogP contribution is -2.31. The Morgan fingerprint density at radius 2 is 1.65 bits per heavy atom. The molecule has 1 aromatic heterocycles. The Morgan fingerprint density at radius 1 is 1.00 bits per heavy atom. The van der Waals surface area contributed by atoms with Crippen molar-refractivity contribution in [3.8, 4) is 17.1 Å². The van der Waals surface area contributed by atoms with Crippen molar-refractivity contribution in [2.45, 2.75) is 25.7 Å². The first-order chi connectivity index (χ1) is 12.8. The Morgan fingerprint density at radius 3 is 2.31 bits per heavy atom. The number of carbonyl (C=O) groups is 1. The van der Waals surface area contributed by atoms with Crippen LogP contribution < -0.4 is 9.64 Å². The van der Waals surface area contributed by atoms with Crippen LogP contribution in [0.4, 0.5) is 5.82 Å². The molecule has 4 rings (SSSR count). The molecule has 136 valence electrons. The fourth-order valence-corrected chi connectivity index (χ4v) is 3.66. The minimum absolute atomic E-state index is 0.0608. The second-order valence-electron chi connectivity index (χ2n) is 6.85. The normalized spacial score (nSPS) is 17.0. The average Bonchev–Trinajstić information content (AvgIpc) is 3.41. The highest BCUT2D eigenvalue weighted by Gasteiger charge is 2.27. The molecule has 1 amide bonds. The first-order valence-electron chi connectivity index (χ1n) is 9.32. The van der Waals surface area contributed by atoms with E-state index in [4.69, 9.17) is 9.72 Å². The summed E-state index contributed by atoms with van der Waals surface area (Å²) < 4.78 is 5.22. The Labute approximate surface area is 153 Å². The molecule has 0 unspecified atom stereocenters. The molecular formula is C20H24N4O2. The van der Waals surface area contributed by atoms with Crippen LogP contribution in [0.2, 0.25) is 0 Å². The van der Waals surface area contributed by atoms with E-state index in [1.54, 1.807) is 13.3 Å². The van der Waals surface area contributed by atoms with Gasteiger partial charge in [0.25, 0.3) is 5.91 Å². The van der Waals surface area contributed by atoms with Crippen LogP contribution in [0.25, 0.3) is 11.4 Å². The van der Waals surface area contributed by atoms with Gasteiger partial charge in [0.2, 0.25) is 0 Å². The van der Waals surface area contributed by atoms with Crippen molar-refractivity contribution in [3.05, 3.63) is 36.0 Å². The molecule has 0 spiro atoms. The van der Waals surface area contributed by atoms with E-state index in [1.807, 2.05) is 29.2 Å². The summed E-state index contributed by atoms with van der Waals surface area (Å²) in [5.74, 6) is 2.28. The zero-order chi connectivity index (χ0) is 17.9. The van der Waals surface area contributed by atoms with Crippen LogP contribution in [-0.4, -0.2) is 54.1 Å². The fourth-order valence-electron chi connectivity index (χ4n) is 3.66. The smallest absolute Gasteiger partial charge is 0.259 e. The number of hydrogen-bond donors (Lipinski definition) is 0. The van der Waals surface area contributed by atoms with Crippen molar-refractivity contribution in [2.75, 3.05) is 38.2 Å². The second-order valence-corrected chi connectivity index (χ2v) is 6.85. The van der Waals surface area contributed by atoms with Crippen molar-refractivity contribution in [2.24, 2.45) is 0 Å². The van der Waals surface area contributed by atoms with Gasteiger partial charge in [0.15, 0.2) is 5.82 Å². The fraction of sp³-hybridized carbons (Fsp3) is 0.450. The standard InChI is InChI=1S/C20H24N4O2/c1-26-16-8-6-15(7-9-16)18-21-14-17(20(25)24-12-4-5-13-24)19(22-18)23-10-2-3-11-23/h6-9,14H,2-5,10-13H2,1H3. The third-order valence-corrected chi connectivity index (χ3v) is 5.15. The number of rotatable bonds is 4. The predicted octanol–water partition coefficient (Wildman–Crippen LogP) is 2.99. The van der Waals surface area contributed by atoms with Gasteiger partial charge in [0.05, 0.1) is 7.11 Å². The van der Waals surface area contributed by atoms with Crippen molar-refractivity contribution in [3.63, 3.8) is 0 Å².